The molecule has 0 spiro atoms. The van der Waals surface area contributed by atoms with E-state index in [2.05, 4.69) is 39.3 Å². The monoisotopic (exact) mass is 377 g/mol. The molecule has 0 unspecified atom stereocenters. The van der Waals surface area contributed by atoms with Gasteiger partial charge in [0, 0.05) is 0 Å². The molecule has 0 aromatic heterocycles. The summed E-state index contributed by atoms with van der Waals surface area (Å²) < 4.78 is 6.36. The molecule has 0 aliphatic heterocycles. The fourth-order valence-electron chi connectivity index (χ4n) is 1.12. The van der Waals surface area contributed by atoms with E-state index >= 15 is 0 Å². The van der Waals surface area contributed by atoms with E-state index < -0.39 is 30.6 Å². The predicted octanol–water partition coefficient (Wildman–Crippen LogP) is -0.848. The van der Waals surface area contributed by atoms with Crippen molar-refractivity contribution in [3.8, 4) is 0 Å². The third kappa shape index (κ3) is 5.74. The molecular weight excluding hydrogens is 356 g/mol. The largest absolute Gasteiger partial charge is 1.00 e. The Balaban J connectivity index is 0. The second-order valence-corrected chi connectivity index (χ2v) is 62.1. The molecule has 68 valence electrons. The quantitative estimate of drug-likeness (QED) is 0.625. The molecule has 0 rings (SSSR count). The molecule has 11 heavy (non-hydrogen) atoms. The predicted molar refractivity (Wildman–Crippen MR) is 50.9 cm³/mol. The van der Waals surface area contributed by atoms with Crippen LogP contribution in [0.25, 0.3) is 0 Å². The maximum Gasteiger partial charge on any atom is -1.00 e. The van der Waals surface area contributed by atoms with Gasteiger partial charge >= 0.3 is 73.6 Å². The summed E-state index contributed by atoms with van der Waals surface area (Å²) in [6.07, 6.45) is 0. The molecule has 0 atom stereocenters. The molecule has 0 saturated carbocycles. The van der Waals surface area contributed by atoms with Gasteiger partial charge < -0.3 is 12.4 Å². The van der Waals surface area contributed by atoms with Gasteiger partial charge in [-0.3, -0.25) is 0 Å². The van der Waals surface area contributed by atoms with Crippen molar-refractivity contribution in [2.75, 3.05) is 0 Å². The van der Waals surface area contributed by atoms with Crippen LogP contribution in [0.4, 0.5) is 0 Å². The Kier molecular flexibility index (Phi) is 6.42. The van der Waals surface area contributed by atoms with Crippen LogP contribution in [-0.2, 0) is 20.1 Å². The van der Waals surface area contributed by atoms with E-state index in [1.54, 1.807) is 0 Å². The van der Waals surface area contributed by atoms with Gasteiger partial charge in [0.1, 0.15) is 0 Å². The number of rotatable bonds is 2. The van der Waals surface area contributed by atoms with Gasteiger partial charge in [-0.2, -0.15) is 0 Å². The van der Waals surface area contributed by atoms with Crippen LogP contribution in [0.15, 0.2) is 0 Å². The molecule has 1 nitrogen and oxygen atoms in total. The summed E-state index contributed by atoms with van der Waals surface area (Å²) in [4.78, 5) is 0. The van der Waals surface area contributed by atoms with Gasteiger partial charge in [-0.05, 0) is 0 Å². The minimum absolute atomic E-state index is 0. The molecule has 0 bridgehead atoms. The average molecular weight is 376 g/mol. The summed E-state index contributed by atoms with van der Waals surface area (Å²) in [5, 5.41) is -1.69. The van der Waals surface area contributed by atoms with E-state index in [-0.39, 0.29) is 12.4 Å². The molecule has 0 aliphatic rings. The maximum absolute atomic E-state index is 6.36. The second-order valence-electron chi connectivity index (χ2n) is 4.91. The SMILES string of the molecule is C[Si](C)(C)[Hf+]([NH2])[Si](C)(C)C.[Cl-]. The van der Waals surface area contributed by atoms with E-state index in [1.807, 2.05) is 0 Å². The van der Waals surface area contributed by atoms with Gasteiger partial charge in [-0.15, -0.1) is 0 Å². The molecule has 0 amide bonds. The smallest absolute Gasteiger partial charge is 1.00 e. The third-order valence-corrected chi connectivity index (χ3v) is 76.5. The van der Waals surface area contributed by atoms with Crippen LogP contribution in [0, 0.1) is 0 Å². The zero-order valence-corrected chi connectivity index (χ0v) is 14.8. The first-order valence-electron chi connectivity index (χ1n) is 3.79. The van der Waals surface area contributed by atoms with Crippen LogP contribution >= 0.6 is 0 Å². The van der Waals surface area contributed by atoms with Crippen LogP contribution in [0.5, 0.6) is 0 Å². The molecule has 0 aliphatic carbocycles. The first kappa shape index (κ1) is 15.0. The van der Waals surface area contributed by atoms with E-state index in [1.165, 1.54) is 0 Å². The topological polar surface area (TPSA) is 26.0 Å². The molecule has 0 saturated heterocycles. The van der Waals surface area contributed by atoms with Crippen molar-refractivity contribution in [2.45, 2.75) is 39.3 Å². The second kappa shape index (κ2) is 4.70. The van der Waals surface area contributed by atoms with Gasteiger partial charge in [-0.25, -0.2) is 0 Å². The molecule has 0 fully saturated rings. The maximum atomic E-state index is 6.36. The van der Waals surface area contributed by atoms with Gasteiger partial charge in [0.2, 0.25) is 0 Å². The van der Waals surface area contributed by atoms with Crippen LogP contribution in [0.1, 0.15) is 0 Å². The summed E-state index contributed by atoms with van der Waals surface area (Å²) in [5.41, 5.74) is 0. The minimum Gasteiger partial charge on any atom is -1.00 e. The number of nitrogens with two attached hydrogens (primary N) is 1. The van der Waals surface area contributed by atoms with Crippen LogP contribution in [0.2, 0.25) is 39.3 Å². The van der Waals surface area contributed by atoms with Crippen molar-refractivity contribution in [2.24, 2.45) is 3.72 Å². The molecule has 0 aromatic carbocycles. The molecular formula is C6H20ClHfNSi2. The summed E-state index contributed by atoms with van der Waals surface area (Å²) >= 11 is -1.52. The third-order valence-electron chi connectivity index (χ3n) is 1.62. The molecule has 0 radical (unpaired) electrons. The Morgan fingerprint density at radius 3 is 1.00 bits per heavy atom. The summed E-state index contributed by atoms with van der Waals surface area (Å²) in [6.45, 7) is 14.7. The van der Waals surface area contributed by atoms with Gasteiger partial charge in [0.05, 0.1) is 0 Å². The van der Waals surface area contributed by atoms with Crippen LogP contribution < -0.4 is 16.1 Å². The normalized spacial score (nSPS) is 12.3. The Labute approximate surface area is 85.4 Å². The van der Waals surface area contributed by atoms with Gasteiger partial charge in [-0.1, -0.05) is 0 Å². The zero-order chi connectivity index (χ0) is 8.58. The fourth-order valence-corrected chi connectivity index (χ4v) is 82.9. The van der Waals surface area contributed by atoms with Crippen LogP contribution in [-0.4, -0.2) is 10.5 Å². The molecule has 0 aromatic rings. The summed E-state index contributed by atoms with van der Waals surface area (Å²) in [5.74, 6) is 0. The average Bonchev–Trinajstić information content (AvgIpc) is 1.59. The van der Waals surface area contributed by atoms with Gasteiger partial charge in [0.15, 0.2) is 0 Å². The Morgan fingerprint density at radius 2 is 1.00 bits per heavy atom. The van der Waals surface area contributed by atoms with E-state index in [9.17, 15) is 0 Å². The van der Waals surface area contributed by atoms with E-state index in [0.29, 0.717) is 0 Å². The Hall–Kier alpha value is 1.55. The van der Waals surface area contributed by atoms with Crippen molar-refractivity contribution in [1.29, 1.82) is 0 Å². The van der Waals surface area contributed by atoms with E-state index in [4.69, 9.17) is 3.72 Å². The van der Waals surface area contributed by atoms with Gasteiger partial charge in [0.25, 0.3) is 0 Å². The standard InChI is InChI=1S/2C3H9Si.ClH.Hf.H2N/c2*1-4(2)3;;;/h2*1-3H3;1H;;1H2/q;;;+2;-1/p-1. The Bertz CT molecular complexity index is 105. The van der Waals surface area contributed by atoms with Crippen molar-refractivity contribution in [3.63, 3.8) is 0 Å². The number of hydrogen-bond donors (Lipinski definition) is 1. The van der Waals surface area contributed by atoms with E-state index in [0.717, 1.165) is 0 Å². The van der Waals surface area contributed by atoms with Crippen molar-refractivity contribution in [3.05, 3.63) is 0 Å². The van der Waals surface area contributed by atoms with Crippen molar-refractivity contribution >= 4 is 10.5 Å². The summed E-state index contributed by atoms with van der Waals surface area (Å²) in [6, 6.07) is 0. The Morgan fingerprint density at radius 1 is 0.818 bits per heavy atom. The number of hydrogen-bond acceptors (Lipinski definition) is 1. The molecule has 2 N–H and O–H groups in total. The zero-order valence-electron chi connectivity index (χ0n) is 8.46. The van der Waals surface area contributed by atoms with Crippen molar-refractivity contribution in [1.82, 2.24) is 0 Å². The summed E-state index contributed by atoms with van der Waals surface area (Å²) in [7, 11) is 0. The number of halogens is 1. The molecule has 5 heteroatoms. The first-order valence-corrected chi connectivity index (χ1v) is 23.6. The van der Waals surface area contributed by atoms with Crippen molar-refractivity contribution < 1.29 is 32.5 Å². The minimum atomic E-state index is -1.52. The fraction of sp³-hybridized carbons (Fsp3) is 1.00. The molecule has 0 heterocycles. The van der Waals surface area contributed by atoms with Crippen LogP contribution in [0.3, 0.4) is 0 Å². The first-order chi connectivity index (χ1) is 4.15.